The van der Waals surface area contributed by atoms with Gasteiger partial charge in [0.05, 0.1) is 23.9 Å². The van der Waals surface area contributed by atoms with Crippen LogP contribution in [0.2, 0.25) is 0 Å². The number of hydrogen-bond acceptors (Lipinski definition) is 5. The standard InChI is InChI=1S/C19H24N2O5S/c1-20(27(2,25)26)15-8-6-14(7-9-15)16(22)13-21-17(23)12-19(18(21)24)10-4-3-5-11-19/h6-9H,3-5,10-13H2,1-2H3. The van der Waals surface area contributed by atoms with Gasteiger partial charge >= 0.3 is 0 Å². The summed E-state index contributed by atoms with van der Waals surface area (Å²) in [6.45, 7) is -0.263. The topological polar surface area (TPSA) is 91.8 Å². The lowest BCUT2D eigenvalue weighted by molar-refractivity contribution is -0.141. The molecule has 27 heavy (non-hydrogen) atoms. The van der Waals surface area contributed by atoms with Crippen LogP contribution in [0.25, 0.3) is 0 Å². The van der Waals surface area contributed by atoms with Crippen molar-refractivity contribution < 1.29 is 22.8 Å². The van der Waals surface area contributed by atoms with Gasteiger partial charge in [0.15, 0.2) is 5.78 Å². The zero-order chi connectivity index (χ0) is 19.8. The van der Waals surface area contributed by atoms with Crippen molar-refractivity contribution in [1.29, 1.82) is 0 Å². The van der Waals surface area contributed by atoms with Crippen molar-refractivity contribution in [3.05, 3.63) is 29.8 Å². The van der Waals surface area contributed by atoms with Gasteiger partial charge in [-0.3, -0.25) is 23.6 Å². The van der Waals surface area contributed by atoms with Crippen LogP contribution >= 0.6 is 0 Å². The molecule has 0 N–H and O–H groups in total. The van der Waals surface area contributed by atoms with Crippen LogP contribution in [0.1, 0.15) is 48.9 Å². The van der Waals surface area contributed by atoms with E-state index in [0.717, 1.165) is 47.6 Å². The quantitative estimate of drug-likeness (QED) is 0.564. The molecule has 2 amide bonds. The molecule has 1 aliphatic carbocycles. The van der Waals surface area contributed by atoms with Gasteiger partial charge in [-0.05, 0) is 37.1 Å². The Morgan fingerprint density at radius 2 is 1.70 bits per heavy atom. The molecule has 7 nitrogen and oxygen atoms in total. The highest BCUT2D eigenvalue weighted by molar-refractivity contribution is 7.92. The van der Waals surface area contributed by atoms with E-state index in [0.29, 0.717) is 11.3 Å². The van der Waals surface area contributed by atoms with Gasteiger partial charge in [-0.1, -0.05) is 19.3 Å². The first kappa shape index (κ1) is 19.5. The minimum Gasteiger partial charge on any atom is -0.292 e. The molecule has 1 heterocycles. The highest BCUT2D eigenvalue weighted by Gasteiger charge is 2.51. The van der Waals surface area contributed by atoms with Gasteiger partial charge in [-0.2, -0.15) is 0 Å². The number of hydrogen-bond donors (Lipinski definition) is 0. The lowest BCUT2D eigenvalue weighted by atomic mass is 9.73. The van der Waals surface area contributed by atoms with E-state index in [-0.39, 0.29) is 30.6 Å². The van der Waals surface area contributed by atoms with Crippen molar-refractivity contribution in [3.8, 4) is 0 Å². The summed E-state index contributed by atoms with van der Waals surface area (Å²) in [4.78, 5) is 38.8. The number of Topliss-reactive ketones (excluding diaryl/α,β-unsaturated/α-hetero) is 1. The predicted octanol–water partition coefficient (Wildman–Crippen LogP) is 1.97. The lowest BCUT2D eigenvalue weighted by Gasteiger charge is -2.30. The molecule has 1 aromatic rings. The summed E-state index contributed by atoms with van der Waals surface area (Å²) in [5.41, 5.74) is 0.173. The van der Waals surface area contributed by atoms with Crippen LogP contribution < -0.4 is 4.31 Å². The largest absolute Gasteiger partial charge is 0.292 e. The maximum atomic E-state index is 12.8. The third-order valence-electron chi connectivity index (χ3n) is 5.65. The smallest absolute Gasteiger partial charge is 0.236 e. The summed E-state index contributed by atoms with van der Waals surface area (Å²) in [6.07, 6.45) is 5.70. The second-order valence-electron chi connectivity index (χ2n) is 7.50. The summed E-state index contributed by atoms with van der Waals surface area (Å²) in [5, 5.41) is 0. The molecular formula is C19H24N2O5S. The molecule has 2 aliphatic rings. The van der Waals surface area contributed by atoms with Crippen LogP contribution in [-0.4, -0.2) is 50.8 Å². The Morgan fingerprint density at radius 1 is 1.11 bits per heavy atom. The fourth-order valence-electron chi connectivity index (χ4n) is 3.92. The molecule has 1 spiro atoms. The maximum Gasteiger partial charge on any atom is 0.236 e. The second-order valence-corrected chi connectivity index (χ2v) is 9.52. The molecule has 0 bridgehead atoms. The number of anilines is 1. The monoisotopic (exact) mass is 392 g/mol. The third kappa shape index (κ3) is 3.76. The number of ketones is 1. The zero-order valence-corrected chi connectivity index (χ0v) is 16.4. The van der Waals surface area contributed by atoms with Gasteiger partial charge in [0.2, 0.25) is 21.8 Å². The summed E-state index contributed by atoms with van der Waals surface area (Å²) >= 11 is 0. The van der Waals surface area contributed by atoms with Crippen molar-refractivity contribution in [2.45, 2.75) is 38.5 Å². The van der Waals surface area contributed by atoms with Crippen LogP contribution in [0, 0.1) is 5.41 Å². The summed E-state index contributed by atoms with van der Waals surface area (Å²) in [5.74, 6) is -0.823. The lowest BCUT2D eigenvalue weighted by Crippen LogP contribution is -2.39. The van der Waals surface area contributed by atoms with Gasteiger partial charge in [0.25, 0.3) is 0 Å². The van der Waals surface area contributed by atoms with Crippen LogP contribution in [0.5, 0.6) is 0 Å². The SMILES string of the molecule is CN(c1ccc(C(=O)CN2C(=O)CC3(CCCCC3)C2=O)cc1)S(C)(=O)=O. The van der Waals surface area contributed by atoms with Crippen molar-refractivity contribution in [2.75, 3.05) is 24.2 Å². The van der Waals surface area contributed by atoms with Crippen LogP contribution in [0.4, 0.5) is 5.69 Å². The number of benzene rings is 1. The third-order valence-corrected chi connectivity index (χ3v) is 6.86. The average molecular weight is 392 g/mol. The van der Waals surface area contributed by atoms with Crippen LogP contribution in [-0.2, 0) is 19.6 Å². The Balaban J connectivity index is 1.72. The van der Waals surface area contributed by atoms with Crippen molar-refractivity contribution in [3.63, 3.8) is 0 Å². The Labute approximate surface area is 159 Å². The van der Waals surface area contributed by atoms with Crippen molar-refractivity contribution in [1.82, 2.24) is 4.90 Å². The van der Waals surface area contributed by atoms with Gasteiger partial charge in [-0.25, -0.2) is 8.42 Å². The van der Waals surface area contributed by atoms with Crippen LogP contribution in [0.3, 0.4) is 0 Å². The molecule has 0 unspecified atom stereocenters. The summed E-state index contributed by atoms with van der Waals surface area (Å²) < 4.78 is 24.3. The molecule has 1 aromatic carbocycles. The highest BCUT2D eigenvalue weighted by Crippen LogP contribution is 2.45. The Hall–Kier alpha value is -2.22. The Morgan fingerprint density at radius 3 is 2.26 bits per heavy atom. The fraction of sp³-hybridized carbons (Fsp3) is 0.526. The first-order valence-corrected chi connectivity index (χ1v) is 10.9. The molecule has 0 atom stereocenters. The maximum absolute atomic E-state index is 12.8. The first-order valence-electron chi connectivity index (χ1n) is 9.06. The van der Waals surface area contributed by atoms with Crippen molar-refractivity contribution >= 4 is 33.3 Å². The number of carbonyl (C=O) groups excluding carboxylic acids is 3. The van der Waals surface area contributed by atoms with E-state index in [1.807, 2.05) is 0 Å². The normalized spacial score (nSPS) is 19.6. The van der Waals surface area contributed by atoms with Gasteiger partial charge < -0.3 is 0 Å². The number of rotatable bonds is 5. The fourth-order valence-corrected chi connectivity index (χ4v) is 4.43. The zero-order valence-electron chi connectivity index (χ0n) is 15.6. The number of amides is 2. The summed E-state index contributed by atoms with van der Waals surface area (Å²) in [7, 11) is -1.96. The molecular weight excluding hydrogens is 368 g/mol. The van der Waals surface area contributed by atoms with Crippen LogP contribution in [0.15, 0.2) is 24.3 Å². The van der Waals surface area contributed by atoms with E-state index in [2.05, 4.69) is 0 Å². The highest BCUT2D eigenvalue weighted by atomic mass is 32.2. The molecule has 0 aromatic heterocycles. The predicted molar refractivity (Wildman–Crippen MR) is 101 cm³/mol. The Kier molecular flexibility index (Phi) is 5.12. The molecule has 2 fully saturated rings. The Bertz CT molecular complexity index is 870. The number of imide groups is 1. The van der Waals surface area contributed by atoms with E-state index in [1.165, 1.54) is 31.3 Å². The number of likely N-dealkylation sites (tertiary alicyclic amines) is 1. The van der Waals surface area contributed by atoms with Crippen molar-refractivity contribution in [2.24, 2.45) is 5.41 Å². The van der Waals surface area contributed by atoms with E-state index < -0.39 is 15.4 Å². The molecule has 1 saturated carbocycles. The molecule has 8 heteroatoms. The van der Waals surface area contributed by atoms with Gasteiger partial charge in [0.1, 0.15) is 0 Å². The van der Waals surface area contributed by atoms with E-state index in [9.17, 15) is 22.8 Å². The van der Waals surface area contributed by atoms with E-state index in [4.69, 9.17) is 0 Å². The van der Waals surface area contributed by atoms with E-state index >= 15 is 0 Å². The minimum absolute atomic E-state index is 0.206. The molecule has 146 valence electrons. The summed E-state index contributed by atoms with van der Waals surface area (Å²) in [6, 6.07) is 6.09. The molecule has 0 radical (unpaired) electrons. The molecule has 1 aliphatic heterocycles. The van der Waals surface area contributed by atoms with Gasteiger partial charge in [0, 0.05) is 19.0 Å². The molecule has 1 saturated heterocycles. The number of carbonyl (C=O) groups is 3. The molecule has 3 rings (SSSR count). The number of sulfonamides is 1. The average Bonchev–Trinajstić information content (AvgIpc) is 2.85. The van der Waals surface area contributed by atoms with E-state index in [1.54, 1.807) is 0 Å². The second kappa shape index (κ2) is 7.07. The first-order chi connectivity index (χ1) is 12.6. The number of nitrogens with zero attached hydrogens (tertiary/aromatic N) is 2. The van der Waals surface area contributed by atoms with Gasteiger partial charge in [-0.15, -0.1) is 0 Å². The minimum atomic E-state index is -3.39.